The molecule has 0 spiro atoms. The molecule has 398 valence electrons. The first-order chi connectivity index (χ1) is 41.5. The van der Waals surface area contributed by atoms with Gasteiger partial charge in [0.2, 0.25) is 0 Å². The highest BCUT2D eigenvalue weighted by Crippen LogP contribution is 2.61. The van der Waals surface area contributed by atoms with E-state index in [1.54, 1.807) is 45.3 Å². The molecule has 0 radical (unpaired) electrons. The van der Waals surface area contributed by atoms with Crippen molar-refractivity contribution in [2.45, 2.75) is 0 Å². The van der Waals surface area contributed by atoms with E-state index in [2.05, 4.69) is 276 Å². The lowest BCUT2D eigenvalue weighted by Gasteiger charge is -2.38. The number of anilines is 10. The fraction of sp³-hybridized carbons (Fsp3) is 0.0278. The maximum atomic E-state index is 5.75. The molecule has 0 saturated heterocycles. The smallest absolute Gasteiger partial charge is 0.126 e. The molecule has 0 amide bonds. The van der Waals surface area contributed by atoms with Gasteiger partial charge in [0.15, 0.2) is 0 Å². The van der Waals surface area contributed by atoms with Gasteiger partial charge in [0.25, 0.3) is 0 Å². The fourth-order valence-electron chi connectivity index (χ4n) is 12.5. The molecular weight excluding hydrogens is 1110 g/mol. The highest BCUT2D eigenvalue weighted by Gasteiger charge is 2.36. The molecule has 17 rings (SSSR count). The SMILES string of the molecule is CN1c2ccccc2N(c2cccc(-c3c(-c4nc5ccccc5s4)c(-c4cccc(N5c6ccccc6N(C)c6ccccc65)c4)c(-c4nc5ccccc5s4)c(-c4nc5ccccc5s4)c3-c3nc4ccccc4s3)c2)c2ccccc21. The van der Waals surface area contributed by atoms with E-state index < -0.39 is 0 Å². The Morgan fingerprint density at radius 1 is 0.250 bits per heavy atom. The zero-order chi connectivity index (χ0) is 55.6. The zero-order valence-corrected chi connectivity index (χ0v) is 48.6. The number of thiazole rings is 4. The number of rotatable bonds is 8. The van der Waals surface area contributed by atoms with Crippen LogP contribution < -0.4 is 19.6 Å². The van der Waals surface area contributed by atoms with E-state index in [4.69, 9.17) is 19.9 Å². The first kappa shape index (κ1) is 48.8. The van der Waals surface area contributed by atoms with Crippen LogP contribution in [0.3, 0.4) is 0 Å². The normalized spacial score (nSPS) is 12.8. The minimum atomic E-state index is 0.884. The Labute approximate surface area is 500 Å². The monoisotopic (exact) mass is 1150 g/mol. The molecular formula is C72H46N8S4. The van der Waals surface area contributed by atoms with E-state index in [0.29, 0.717) is 0 Å². The lowest BCUT2D eigenvalue weighted by atomic mass is 9.81. The summed E-state index contributed by atoms with van der Waals surface area (Å²) < 4.78 is 4.39. The molecule has 15 aromatic rings. The number of para-hydroxylation sites is 12. The van der Waals surface area contributed by atoms with Crippen molar-refractivity contribution in [2.24, 2.45) is 0 Å². The van der Waals surface area contributed by atoms with Crippen molar-refractivity contribution < 1.29 is 0 Å². The number of hydrogen-bond acceptors (Lipinski definition) is 12. The summed E-state index contributed by atoms with van der Waals surface area (Å²) in [5, 5.41) is 3.55. The highest BCUT2D eigenvalue weighted by atomic mass is 32.1. The van der Waals surface area contributed by atoms with Crippen LogP contribution in [0.4, 0.5) is 56.9 Å². The molecule has 12 heteroatoms. The Hall–Kier alpha value is -9.82. The second kappa shape index (κ2) is 19.4. The van der Waals surface area contributed by atoms with E-state index in [0.717, 1.165) is 162 Å². The summed E-state index contributed by atoms with van der Waals surface area (Å²) in [4.78, 5) is 32.3. The van der Waals surface area contributed by atoms with Gasteiger partial charge >= 0.3 is 0 Å². The van der Waals surface area contributed by atoms with Crippen molar-refractivity contribution in [1.29, 1.82) is 0 Å². The average molecular weight is 1150 g/mol. The zero-order valence-electron chi connectivity index (χ0n) is 45.3. The molecule has 0 aliphatic carbocycles. The van der Waals surface area contributed by atoms with Crippen molar-refractivity contribution in [3.05, 3.63) is 243 Å². The van der Waals surface area contributed by atoms with Crippen LogP contribution in [0.15, 0.2) is 243 Å². The molecule has 2 aliphatic heterocycles. The number of benzene rings is 11. The molecule has 0 atom stereocenters. The first-order valence-corrected chi connectivity index (χ1v) is 31.1. The fourth-order valence-corrected chi connectivity index (χ4v) is 16.6. The van der Waals surface area contributed by atoms with Gasteiger partial charge in [-0.1, -0.05) is 121 Å². The third kappa shape index (κ3) is 7.68. The van der Waals surface area contributed by atoms with Gasteiger partial charge in [0, 0.05) is 58.9 Å². The summed E-state index contributed by atoms with van der Waals surface area (Å²) in [7, 11) is 4.32. The number of fused-ring (bicyclic) bond motifs is 8. The lowest BCUT2D eigenvalue weighted by molar-refractivity contribution is 1.13. The lowest BCUT2D eigenvalue weighted by Crippen LogP contribution is -2.23. The summed E-state index contributed by atoms with van der Waals surface area (Å²) in [6.45, 7) is 0. The molecule has 11 aromatic carbocycles. The van der Waals surface area contributed by atoms with E-state index >= 15 is 0 Å². The quantitative estimate of drug-likeness (QED) is 0.149. The van der Waals surface area contributed by atoms with Crippen LogP contribution in [0, 0.1) is 0 Å². The van der Waals surface area contributed by atoms with Crippen LogP contribution in [0.5, 0.6) is 0 Å². The van der Waals surface area contributed by atoms with Crippen molar-refractivity contribution in [3.8, 4) is 64.5 Å². The third-order valence-electron chi connectivity index (χ3n) is 16.3. The van der Waals surface area contributed by atoms with Gasteiger partial charge in [-0.25, -0.2) is 19.9 Å². The Balaban J connectivity index is 1.07. The molecule has 84 heavy (non-hydrogen) atoms. The number of aromatic nitrogens is 4. The minimum Gasteiger partial charge on any atom is -0.341 e. The molecule has 0 saturated carbocycles. The van der Waals surface area contributed by atoms with Gasteiger partial charge in [0.05, 0.1) is 86.4 Å². The predicted octanol–water partition coefficient (Wildman–Crippen LogP) is 21.2. The van der Waals surface area contributed by atoms with Crippen molar-refractivity contribution in [3.63, 3.8) is 0 Å². The van der Waals surface area contributed by atoms with Crippen LogP contribution in [-0.2, 0) is 0 Å². The Kier molecular flexibility index (Phi) is 11.3. The van der Waals surface area contributed by atoms with Gasteiger partial charge in [-0.05, 0) is 132 Å². The summed E-state index contributed by atoms with van der Waals surface area (Å²) in [5.74, 6) is 0. The Bertz CT molecular complexity index is 4680. The molecule has 6 heterocycles. The Morgan fingerprint density at radius 2 is 0.500 bits per heavy atom. The topological polar surface area (TPSA) is 64.5 Å². The van der Waals surface area contributed by atoms with E-state index in [1.807, 2.05) is 0 Å². The predicted molar refractivity (Wildman–Crippen MR) is 357 cm³/mol. The minimum absolute atomic E-state index is 0.884. The molecule has 0 fully saturated rings. The molecule has 0 bridgehead atoms. The summed E-state index contributed by atoms with van der Waals surface area (Å²) in [5.41, 5.74) is 22.7. The van der Waals surface area contributed by atoms with Gasteiger partial charge in [-0.2, -0.15) is 0 Å². The molecule has 2 aliphatic rings. The Morgan fingerprint density at radius 3 is 0.798 bits per heavy atom. The van der Waals surface area contributed by atoms with Crippen molar-refractivity contribution >= 4 is 143 Å². The van der Waals surface area contributed by atoms with E-state index in [-0.39, 0.29) is 0 Å². The van der Waals surface area contributed by atoms with Crippen LogP contribution in [-0.4, -0.2) is 34.0 Å². The van der Waals surface area contributed by atoms with E-state index in [1.165, 1.54) is 0 Å². The second-order valence-electron chi connectivity index (χ2n) is 21.0. The van der Waals surface area contributed by atoms with Gasteiger partial charge in [-0.3, -0.25) is 0 Å². The summed E-state index contributed by atoms with van der Waals surface area (Å²) in [6, 6.07) is 87.2. The average Bonchev–Trinajstić information content (AvgIpc) is 2.64. The largest absolute Gasteiger partial charge is 0.341 e. The standard InChI is InChI=1S/C72H46N8S4/c1-77-51-29-7-11-33-55(51)79(56-34-12-8-30-52(56)77)45-23-19-21-43(41-45)63-65(69-73-47-25-3-15-37-59(47)81-69)64(44-22-20-24-46(42-44)80-57-35-13-9-31-53(57)78(2)54-32-10-14-36-58(54)80)67(71-75-49-27-5-17-39-61(49)83-71)68(72-76-50-28-6-18-40-62(50)84-72)66(63)70-74-48-26-4-16-38-60(48)82-70/h3-42H,1-2H3. The molecule has 8 nitrogen and oxygen atoms in total. The molecule has 0 unspecified atom stereocenters. The molecule has 4 aromatic heterocycles. The van der Waals surface area contributed by atoms with Crippen molar-refractivity contribution in [1.82, 2.24) is 19.9 Å². The van der Waals surface area contributed by atoms with Gasteiger partial charge in [-0.15, -0.1) is 45.3 Å². The maximum absolute atomic E-state index is 5.75. The van der Waals surface area contributed by atoms with Crippen molar-refractivity contribution in [2.75, 3.05) is 33.7 Å². The second-order valence-corrected chi connectivity index (χ2v) is 25.2. The summed E-state index contributed by atoms with van der Waals surface area (Å²) in [6.07, 6.45) is 0. The van der Waals surface area contributed by atoms with Gasteiger partial charge < -0.3 is 19.6 Å². The van der Waals surface area contributed by atoms with Crippen LogP contribution in [0.2, 0.25) is 0 Å². The summed E-state index contributed by atoms with van der Waals surface area (Å²) >= 11 is 6.89. The number of nitrogens with zero attached hydrogens (tertiary/aromatic N) is 8. The highest BCUT2D eigenvalue weighted by molar-refractivity contribution is 7.24. The van der Waals surface area contributed by atoms with Gasteiger partial charge in [0.1, 0.15) is 20.0 Å². The first-order valence-electron chi connectivity index (χ1n) is 27.8. The van der Waals surface area contributed by atoms with E-state index in [9.17, 15) is 0 Å². The third-order valence-corrected chi connectivity index (χ3v) is 20.5. The number of hydrogen-bond donors (Lipinski definition) is 0. The maximum Gasteiger partial charge on any atom is 0.126 e. The van der Waals surface area contributed by atoms with Crippen LogP contribution >= 0.6 is 45.3 Å². The van der Waals surface area contributed by atoms with Crippen LogP contribution in [0.25, 0.3) is 105 Å². The van der Waals surface area contributed by atoms with Crippen LogP contribution in [0.1, 0.15) is 0 Å². The molecule has 0 N–H and O–H groups in total.